The van der Waals surface area contributed by atoms with E-state index in [1.807, 2.05) is 27.7 Å². The molecule has 1 aliphatic rings. The lowest BCUT2D eigenvalue weighted by Gasteiger charge is -2.32. The standard InChI is InChI=1S/C14H20BNO5/c1-13(2)14(3,4)21-15(20-13)10(7-12(18)19)9-5-6-11(17)16-8-9/h5-6,8,10H,7H2,1-4H3,(H,16,17)(H,18,19). The van der Waals surface area contributed by atoms with Gasteiger partial charge in [-0.2, -0.15) is 0 Å². The van der Waals surface area contributed by atoms with Crippen LogP contribution in [-0.4, -0.2) is 34.4 Å². The van der Waals surface area contributed by atoms with Crippen molar-refractivity contribution in [3.8, 4) is 0 Å². The fourth-order valence-corrected chi connectivity index (χ4v) is 2.27. The minimum absolute atomic E-state index is 0.136. The summed E-state index contributed by atoms with van der Waals surface area (Å²) in [6, 6.07) is 2.98. The average molecular weight is 293 g/mol. The van der Waals surface area contributed by atoms with E-state index in [9.17, 15) is 9.59 Å². The molecule has 1 atom stereocenters. The Hall–Kier alpha value is -1.60. The fourth-order valence-electron chi connectivity index (χ4n) is 2.27. The lowest BCUT2D eigenvalue weighted by Crippen LogP contribution is -2.41. The van der Waals surface area contributed by atoms with Crippen LogP contribution in [0.3, 0.4) is 0 Å². The maximum Gasteiger partial charge on any atom is 0.466 e. The number of H-pyrrole nitrogens is 1. The number of carboxylic acid groups (broad SMARTS) is 1. The van der Waals surface area contributed by atoms with Gasteiger partial charge in [-0.15, -0.1) is 0 Å². The predicted octanol–water partition coefficient (Wildman–Crippen LogP) is 1.56. The number of aliphatic carboxylic acids is 1. The van der Waals surface area contributed by atoms with Crippen LogP contribution >= 0.6 is 0 Å². The molecule has 0 radical (unpaired) electrons. The van der Waals surface area contributed by atoms with Gasteiger partial charge in [0, 0.05) is 18.1 Å². The van der Waals surface area contributed by atoms with E-state index >= 15 is 0 Å². The Morgan fingerprint density at radius 3 is 2.29 bits per heavy atom. The molecule has 2 rings (SSSR count). The van der Waals surface area contributed by atoms with Gasteiger partial charge in [0.25, 0.3) is 0 Å². The first-order valence-electron chi connectivity index (χ1n) is 6.88. The van der Waals surface area contributed by atoms with Crippen LogP contribution in [0, 0.1) is 0 Å². The van der Waals surface area contributed by atoms with Crippen molar-refractivity contribution in [1.82, 2.24) is 4.98 Å². The van der Waals surface area contributed by atoms with E-state index in [0.717, 1.165) is 0 Å². The molecular weight excluding hydrogens is 273 g/mol. The number of carbonyl (C=O) groups is 1. The number of rotatable bonds is 4. The first kappa shape index (κ1) is 15.8. The molecule has 114 valence electrons. The topological polar surface area (TPSA) is 88.6 Å². The lowest BCUT2D eigenvalue weighted by molar-refractivity contribution is -0.137. The Labute approximate surface area is 123 Å². The van der Waals surface area contributed by atoms with Crippen molar-refractivity contribution < 1.29 is 19.2 Å². The SMILES string of the molecule is CC1(C)OB(C(CC(=O)O)c2ccc(=O)[nH]c2)OC1(C)C. The highest BCUT2D eigenvalue weighted by atomic mass is 16.7. The van der Waals surface area contributed by atoms with Crippen molar-refractivity contribution in [2.24, 2.45) is 0 Å². The van der Waals surface area contributed by atoms with E-state index in [1.165, 1.54) is 12.3 Å². The molecule has 7 heteroatoms. The summed E-state index contributed by atoms with van der Waals surface area (Å²) < 4.78 is 11.9. The van der Waals surface area contributed by atoms with Gasteiger partial charge in [0.1, 0.15) is 0 Å². The Kier molecular flexibility index (Phi) is 3.99. The number of aromatic nitrogens is 1. The second-order valence-corrected chi connectivity index (χ2v) is 6.32. The molecule has 1 saturated heterocycles. The van der Waals surface area contributed by atoms with Gasteiger partial charge in [-0.3, -0.25) is 9.59 Å². The molecule has 6 nitrogen and oxygen atoms in total. The molecule has 2 heterocycles. The Morgan fingerprint density at radius 1 is 1.29 bits per heavy atom. The summed E-state index contributed by atoms with van der Waals surface area (Å²) in [6.45, 7) is 7.66. The van der Waals surface area contributed by atoms with E-state index in [0.29, 0.717) is 5.56 Å². The van der Waals surface area contributed by atoms with E-state index < -0.39 is 30.1 Å². The molecule has 21 heavy (non-hydrogen) atoms. The first-order chi connectivity index (χ1) is 9.62. The molecule has 0 amide bonds. The number of nitrogens with one attached hydrogen (secondary N) is 1. The zero-order valence-corrected chi connectivity index (χ0v) is 12.7. The number of aromatic amines is 1. The highest BCUT2D eigenvalue weighted by Gasteiger charge is 2.54. The number of pyridine rings is 1. The molecule has 0 aliphatic carbocycles. The van der Waals surface area contributed by atoms with Crippen molar-refractivity contribution in [3.63, 3.8) is 0 Å². The third kappa shape index (κ3) is 3.19. The molecule has 1 fully saturated rings. The van der Waals surface area contributed by atoms with Crippen molar-refractivity contribution in [2.45, 2.75) is 51.1 Å². The molecular formula is C14H20BNO5. The van der Waals surface area contributed by atoms with E-state index in [1.54, 1.807) is 6.07 Å². The second kappa shape index (κ2) is 5.31. The zero-order chi connectivity index (χ0) is 15.8. The van der Waals surface area contributed by atoms with E-state index in [2.05, 4.69) is 4.98 Å². The summed E-state index contributed by atoms with van der Waals surface area (Å²) in [5.74, 6) is -1.43. The number of hydrogen-bond donors (Lipinski definition) is 2. The molecule has 1 unspecified atom stereocenters. The van der Waals surface area contributed by atoms with Crippen LogP contribution in [0.25, 0.3) is 0 Å². The quantitative estimate of drug-likeness (QED) is 0.822. The fraction of sp³-hybridized carbons (Fsp3) is 0.571. The summed E-state index contributed by atoms with van der Waals surface area (Å²) >= 11 is 0. The summed E-state index contributed by atoms with van der Waals surface area (Å²) in [7, 11) is -0.669. The molecule has 1 aromatic rings. The minimum Gasteiger partial charge on any atom is -0.481 e. The maximum atomic E-state index is 11.2. The highest BCUT2D eigenvalue weighted by Crippen LogP contribution is 2.41. The third-order valence-corrected chi connectivity index (χ3v) is 4.23. The lowest BCUT2D eigenvalue weighted by atomic mass is 9.66. The largest absolute Gasteiger partial charge is 0.481 e. The smallest absolute Gasteiger partial charge is 0.466 e. The van der Waals surface area contributed by atoms with Crippen molar-refractivity contribution in [2.75, 3.05) is 0 Å². The number of carboxylic acids is 1. The van der Waals surface area contributed by atoms with Crippen molar-refractivity contribution in [3.05, 3.63) is 34.2 Å². The van der Waals surface area contributed by atoms with E-state index in [4.69, 9.17) is 14.4 Å². The van der Waals surface area contributed by atoms with Crippen LogP contribution in [-0.2, 0) is 14.1 Å². The third-order valence-electron chi connectivity index (χ3n) is 4.23. The maximum absolute atomic E-state index is 11.2. The van der Waals surface area contributed by atoms with Gasteiger partial charge in [-0.25, -0.2) is 0 Å². The summed E-state index contributed by atoms with van der Waals surface area (Å²) in [6.07, 6.45) is 1.38. The summed E-state index contributed by atoms with van der Waals surface area (Å²) in [5, 5.41) is 9.14. The highest BCUT2D eigenvalue weighted by molar-refractivity contribution is 6.48. The molecule has 0 aromatic carbocycles. The normalized spacial score (nSPS) is 21.2. The van der Waals surface area contributed by atoms with Crippen molar-refractivity contribution >= 4 is 13.1 Å². The second-order valence-electron chi connectivity index (χ2n) is 6.32. The molecule has 0 spiro atoms. The van der Waals surface area contributed by atoms with Crippen LogP contribution in [0.2, 0.25) is 0 Å². The Bertz CT molecular complexity index is 559. The number of hydrogen-bond acceptors (Lipinski definition) is 4. The van der Waals surface area contributed by atoms with Crippen LogP contribution in [0.1, 0.15) is 45.5 Å². The molecule has 0 bridgehead atoms. The van der Waals surface area contributed by atoms with Gasteiger partial charge in [0.2, 0.25) is 5.56 Å². The first-order valence-corrected chi connectivity index (χ1v) is 6.88. The van der Waals surface area contributed by atoms with E-state index in [-0.39, 0.29) is 12.0 Å². The van der Waals surface area contributed by atoms with Gasteiger partial charge in [0.05, 0.1) is 17.6 Å². The predicted molar refractivity (Wildman–Crippen MR) is 78.1 cm³/mol. The van der Waals surface area contributed by atoms with Gasteiger partial charge >= 0.3 is 13.1 Å². The van der Waals surface area contributed by atoms with Crippen LogP contribution in [0.5, 0.6) is 0 Å². The van der Waals surface area contributed by atoms with Gasteiger partial charge in [-0.1, -0.05) is 6.07 Å². The molecule has 1 aromatic heterocycles. The monoisotopic (exact) mass is 293 g/mol. The van der Waals surface area contributed by atoms with Crippen LogP contribution < -0.4 is 5.56 Å². The molecule has 0 saturated carbocycles. The summed E-state index contributed by atoms with van der Waals surface area (Å²) in [5.41, 5.74) is -0.620. The average Bonchev–Trinajstić information content (AvgIpc) is 2.56. The Morgan fingerprint density at radius 2 is 1.86 bits per heavy atom. The van der Waals surface area contributed by atoms with Gasteiger partial charge in [-0.05, 0) is 33.3 Å². The summed E-state index contributed by atoms with van der Waals surface area (Å²) in [4.78, 5) is 24.9. The van der Waals surface area contributed by atoms with Gasteiger partial charge in [0.15, 0.2) is 0 Å². The zero-order valence-electron chi connectivity index (χ0n) is 12.7. The van der Waals surface area contributed by atoms with Crippen LogP contribution in [0.15, 0.2) is 23.1 Å². The van der Waals surface area contributed by atoms with Crippen molar-refractivity contribution in [1.29, 1.82) is 0 Å². The minimum atomic E-state index is -0.944. The van der Waals surface area contributed by atoms with Gasteiger partial charge < -0.3 is 19.4 Å². The molecule has 2 N–H and O–H groups in total. The van der Waals surface area contributed by atoms with Crippen LogP contribution in [0.4, 0.5) is 0 Å². The molecule has 1 aliphatic heterocycles. The Balaban J connectivity index is 2.32.